The van der Waals surface area contributed by atoms with Gasteiger partial charge in [0.1, 0.15) is 0 Å². The van der Waals surface area contributed by atoms with Gasteiger partial charge >= 0.3 is 0 Å². The van der Waals surface area contributed by atoms with E-state index in [1.807, 2.05) is 44.2 Å². The largest absolute Gasteiger partial charge is 0.396 e. The molecule has 1 heterocycles. The first kappa shape index (κ1) is 15.4. The van der Waals surface area contributed by atoms with Crippen molar-refractivity contribution in [2.24, 2.45) is 5.92 Å². The SMILES string of the molecule is Cc1cc(C(=O)NCCCC(C)CO)c2ccccc2n1. The van der Waals surface area contributed by atoms with Crippen molar-refractivity contribution in [2.45, 2.75) is 26.7 Å². The second-order valence-electron chi connectivity index (χ2n) is 5.51. The van der Waals surface area contributed by atoms with Gasteiger partial charge in [0.05, 0.1) is 11.1 Å². The minimum Gasteiger partial charge on any atom is -0.396 e. The van der Waals surface area contributed by atoms with E-state index >= 15 is 0 Å². The molecule has 0 aliphatic heterocycles. The quantitative estimate of drug-likeness (QED) is 0.803. The Kier molecular flexibility index (Phi) is 5.28. The third-order valence-corrected chi connectivity index (χ3v) is 3.56. The van der Waals surface area contributed by atoms with Crippen LogP contribution in [-0.4, -0.2) is 29.1 Å². The van der Waals surface area contributed by atoms with E-state index in [0.29, 0.717) is 12.1 Å². The molecule has 0 spiro atoms. The molecule has 2 rings (SSSR count). The molecule has 0 aliphatic rings. The van der Waals surface area contributed by atoms with Crippen LogP contribution in [0.2, 0.25) is 0 Å². The third-order valence-electron chi connectivity index (χ3n) is 3.56. The number of nitrogens with zero attached hydrogens (tertiary/aromatic N) is 1. The zero-order chi connectivity index (χ0) is 15.2. The summed E-state index contributed by atoms with van der Waals surface area (Å²) in [5.41, 5.74) is 2.36. The van der Waals surface area contributed by atoms with Crippen molar-refractivity contribution in [3.8, 4) is 0 Å². The van der Waals surface area contributed by atoms with E-state index in [4.69, 9.17) is 5.11 Å². The number of aromatic nitrogens is 1. The maximum atomic E-state index is 12.3. The van der Waals surface area contributed by atoms with Gasteiger partial charge in [0, 0.05) is 24.2 Å². The van der Waals surface area contributed by atoms with Crippen LogP contribution in [0.15, 0.2) is 30.3 Å². The van der Waals surface area contributed by atoms with Gasteiger partial charge in [0.15, 0.2) is 0 Å². The van der Waals surface area contributed by atoms with E-state index in [2.05, 4.69) is 10.3 Å². The minimum absolute atomic E-state index is 0.0617. The Balaban J connectivity index is 2.06. The first-order valence-corrected chi connectivity index (χ1v) is 7.37. The molecule has 21 heavy (non-hydrogen) atoms. The topological polar surface area (TPSA) is 62.2 Å². The summed E-state index contributed by atoms with van der Waals surface area (Å²) in [4.78, 5) is 16.8. The lowest BCUT2D eigenvalue weighted by Gasteiger charge is -2.10. The maximum Gasteiger partial charge on any atom is 0.252 e. The molecule has 0 saturated heterocycles. The average molecular weight is 286 g/mol. The fraction of sp³-hybridized carbons (Fsp3) is 0.412. The number of nitrogens with one attached hydrogen (secondary N) is 1. The van der Waals surface area contributed by atoms with Gasteiger partial charge < -0.3 is 10.4 Å². The molecule has 0 saturated carbocycles. The van der Waals surface area contributed by atoms with Gasteiger partial charge in [-0.25, -0.2) is 0 Å². The molecular formula is C17H22N2O2. The number of aliphatic hydroxyl groups excluding tert-OH is 1. The molecule has 0 fully saturated rings. The lowest BCUT2D eigenvalue weighted by molar-refractivity contribution is 0.0953. The van der Waals surface area contributed by atoms with Gasteiger partial charge in [-0.15, -0.1) is 0 Å². The first-order chi connectivity index (χ1) is 10.1. The molecule has 112 valence electrons. The lowest BCUT2D eigenvalue weighted by Crippen LogP contribution is -2.25. The smallest absolute Gasteiger partial charge is 0.252 e. The van der Waals surface area contributed by atoms with Gasteiger partial charge in [-0.2, -0.15) is 0 Å². The van der Waals surface area contributed by atoms with Crippen molar-refractivity contribution in [3.05, 3.63) is 41.6 Å². The van der Waals surface area contributed by atoms with Crippen LogP contribution in [0.3, 0.4) is 0 Å². The molecule has 2 aromatic rings. The van der Waals surface area contributed by atoms with Crippen LogP contribution in [0.5, 0.6) is 0 Å². The number of rotatable bonds is 6. The number of carbonyl (C=O) groups is 1. The van der Waals surface area contributed by atoms with Gasteiger partial charge in [0.25, 0.3) is 5.91 Å². The molecule has 1 aromatic heterocycles. The van der Waals surface area contributed by atoms with Crippen molar-refractivity contribution in [1.29, 1.82) is 0 Å². The Morgan fingerprint density at radius 1 is 1.38 bits per heavy atom. The Morgan fingerprint density at radius 2 is 2.14 bits per heavy atom. The number of fused-ring (bicyclic) bond motifs is 1. The molecule has 0 radical (unpaired) electrons. The number of carbonyl (C=O) groups excluding carboxylic acids is 1. The van der Waals surface area contributed by atoms with E-state index in [1.165, 1.54) is 0 Å². The number of aryl methyl sites for hydroxylation is 1. The predicted octanol–water partition coefficient (Wildman–Crippen LogP) is 2.68. The zero-order valence-electron chi connectivity index (χ0n) is 12.6. The number of pyridine rings is 1. The molecule has 1 atom stereocenters. The van der Waals surface area contributed by atoms with Gasteiger partial charge in [-0.3, -0.25) is 9.78 Å². The van der Waals surface area contributed by atoms with E-state index in [0.717, 1.165) is 29.4 Å². The van der Waals surface area contributed by atoms with Crippen LogP contribution in [0.4, 0.5) is 0 Å². The van der Waals surface area contributed by atoms with E-state index in [-0.39, 0.29) is 18.4 Å². The van der Waals surface area contributed by atoms with Crippen LogP contribution in [0, 0.1) is 12.8 Å². The van der Waals surface area contributed by atoms with Crippen molar-refractivity contribution in [3.63, 3.8) is 0 Å². The summed E-state index contributed by atoms with van der Waals surface area (Å²) in [5, 5.41) is 12.8. The van der Waals surface area contributed by atoms with Gasteiger partial charge in [0.2, 0.25) is 0 Å². The summed E-state index contributed by atoms with van der Waals surface area (Å²) < 4.78 is 0. The van der Waals surface area contributed by atoms with Crippen molar-refractivity contribution in [2.75, 3.05) is 13.2 Å². The first-order valence-electron chi connectivity index (χ1n) is 7.37. The van der Waals surface area contributed by atoms with E-state index in [1.54, 1.807) is 0 Å². The molecule has 1 aromatic carbocycles. The summed E-state index contributed by atoms with van der Waals surface area (Å²) in [5.74, 6) is 0.222. The third kappa shape index (κ3) is 4.02. The molecule has 1 unspecified atom stereocenters. The zero-order valence-corrected chi connectivity index (χ0v) is 12.6. The Bertz CT molecular complexity index is 625. The summed E-state index contributed by atoms with van der Waals surface area (Å²) >= 11 is 0. The Morgan fingerprint density at radius 3 is 2.90 bits per heavy atom. The van der Waals surface area contributed by atoms with E-state index in [9.17, 15) is 4.79 Å². The van der Waals surface area contributed by atoms with Crippen LogP contribution >= 0.6 is 0 Å². The summed E-state index contributed by atoms with van der Waals surface area (Å²) in [6.45, 7) is 4.72. The monoisotopic (exact) mass is 286 g/mol. The molecule has 1 amide bonds. The highest BCUT2D eigenvalue weighted by Crippen LogP contribution is 2.18. The highest BCUT2D eigenvalue weighted by atomic mass is 16.3. The molecule has 0 aliphatic carbocycles. The molecule has 4 heteroatoms. The summed E-state index contributed by atoms with van der Waals surface area (Å²) in [7, 11) is 0. The second-order valence-corrected chi connectivity index (χ2v) is 5.51. The molecule has 2 N–H and O–H groups in total. The van der Waals surface area contributed by atoms with Gasteiger partial charge in [-0.1, -0.05) is 25.1 Å². The van der Waals surface area contributed by atoms with Crippen molar-refractivity contribution >= 4 is 16.8 Å². The fourth-order valence-electron chi connectivity index (χ4n) is 2.33. The van der Waals surface area contributed by atoms with E-state index < -0.39 is 0 Å². The van der Waals surface area contributed by atoms with Crippen LogP contribution in [0.1, 0.15) is 35.8 Å². The summed E-state index contributed by atoms with van der Waals surface area (Å²) in [6, 6.07) is 9.51. The Hall–Kier alpha value is -1.94. The number of hydrogen-bond acceptors (Lipinski definition) is 3. The number of benzene rings is 1. The van der Waals surface area contributed by atoms with Crippen molar-refractivity contribution < 1.29 is 9.90 Å². The number of amides is 1. The fourth-order valence-corrected chi connectivity index (χ4v) is 2.33. The number of hydrogen-bond donors (Lipinski definition) is 2. The normalized spacial score (nSPS) is 12.3. The number of para-hydroxylation sites is 1. The van der Waals surface area contributed by atoms with Gasteiger partial charge in [-0.05, 0) is 37.8 Å². The van der Waals surface area contributed by atoms with Crippen LogP contribution < -0.4 is 5.32 Å². The maximum absolute atomic E-state index is 12.3. The molecular weight excluding hydrogens is 264 g/mol. The second kappa shape index (κ2) is 7.18. The highest BCUT2D eigenvalue weighted by Gasteiger charge is 2.11. The predicted molar refractivity (Wildman–Crippen MR) is 84.3 cm³/mol. The van der Waals surface area contributed by atoms with Crippen LogP contribution in [0.25, 0.3) is 10.9 Å². The lowest BCUT2D eigenvalue weighted by atomic mass is 10.1. The van der Waals surface area contributed by atoms with Crippen molar-refractivity contribution in [1.82, 2.24) is 10.3 Å². The standard InChI is InChI=1S/C17H22N2O2/c1-12(11-20)6-5-9-18-17(21)15-10-13(2)19-16-8-4-3-7-14(15)16/h3-4,7-8,10,12,20H,5-6,9,11H2,1-2H3,(H,18,21). The highest BCUT2D eigenvalue weighted by molar-refractivity contribution is 6.06. The number of aliphatic hydroxyl groups is 1. The minimum atomic E-state index is -0.0617. The summed E-state index contributed by atoms with van der Waals surface area (Å²) in [6.07, 6.45) is 1.78. The average Bonchev–Trinajstić information content (AvgIpc) is 2.50. The molecule has 0 bridgehead atoms. The molecule has 4 nitrogen and oxygen atoms in total. The Labute approximate surface area is 125 Å². The van der Waals surface area contributed by atoms with Crippen LogP contribution in [-0.2, 0) is 0 Å².